The van der Waals surface area contributed by atoms with E-state index in [1.807, 2.05) is 45.0 Å². The molecule has 0 atom stereocenters. The minimum atomic E-state index is -0.741. The number of alkyl carbamates (subject to hydrolysis) is 1. The second-order valence-electron chi connectivity index (χ2n) is 7.02. The molecule has 1 aromatic rings. The van der Waals surface area contributed by atoms with Gasteiger partial charge in [-0.3, -0.25) is 0 Å². The first-order chi connectivity index (χ1) is 11.3. The molecule has 0 unspecified atom stereocenters. The molecule has 0 bridgehead atoms. The van der Waals surface area contributed by atoms with E-state index in [2.05, 4.69) is 22.5 Å². The molecule has 2 rings (SSSR count). The van der Waals surface area contributed by atoms with Crippen molar-refractivity contribution in [3.8, 4) is 11.8 Å². The number of carbonyl (C=O) groups is 1. The van der Waals surface area contributed by atoms with Gasteiger partial charge >= 0.3 is 6.09 Å². The number of piperidine rings is 1. The fraction of sp³-hybridized carbons (Fsp3) is 0.526. The third kappa shape index (κ3) is 5.55. The van der Waals surface area contributed by atoms with Crippen LogP contribution in [0.4, 0.5) is 4.79 Å². The monoisotopic (exact) mass is 330 g/mol. The Morgan fingerprint density at radius 3 is 2.50 bits per heavy atom. The van der Waals surface area contributed by atoms with E-state index >= 15 is 0 Å². The largest absolute Gasteiger partial charge is 0.444 e. The van der Waals surface area contributed by atoms with Gasteiger partial charge in [0.05, 0.1) is 12.1 Å². The zero-order chi connectivity index (χ0) is 17.6. The molecule has 0 aromatic heterocycles. The molecule has 0 spiro atoms. The maximum atomic E-state index is 11.5. The summed E-state index contributed by atoms with van der Waals surface area (Å²) in [7, 11) is 0. The Hall–Kier alpha value is -2.03. The highest BCUT2D eigenvalue weighted by Gasteiger charge is 2.30. The van der Waals surface area contributed by atoms with Crippen molar-refractivity contribution >= 4 is 6.09 Å². The first kappa shape index (κ1) is 18.3. The Bertz CT molecular complexity index is 615. The van der Waals surface area contributed by atoms with Crippen molar-refractivity contribution in [2.75, 3.05) is 19.6 Å². The molecular formula is C19H26N2O3. The molecule has 1 heterocycles. The first-order valence-electron chi connectivity index (χ1n) is 8.28. The van der Waals surface area contributed by atoms with Gasteiger partial charge in [0.2, 0.25) is 0 Å². The van der Waals surface area contributed by atoms with Crippen LogP contribution in [0.3, 0.4) is 0 Å². The highest BCUT2D eigenvalue weighted by atomic mass is 16.6. The van der Waals surface area contributed by atoms with Crippen molar-refractivity contribution < 1.29 is 14.6 Å². The summed E-state index contributed by atoms with van der Waals surface area (Å²) in [6.07, 6.45) is 0.968. The van der Waals surface area contributed by atoms with Crippen LogP contribution in [0, 0.1) is 11.8 Å². The van der Waals surface area contributed by atoms with Crippen LogP contribution in [0.5, 0.6) is 0 Å². The number of nitrogens with one attached hydrogen (secondary N) is 2. The van der Waals surface area contributed by atoms with E-state index in [4.69, 9.17) is 4.74 Å². The van der Waals surface area contributed by atoms with Crippen molar-refractivity contribution in [3.63, 3.8) is 0 Å². The minimum absolute atomic E-state index is 0.228. The second-order valence-corrected chi connectivity index (χ2v) is 7.02. The third-order valence-corrected chi connectivity index (χ3v) is 3.81. The van der Waals surface area contributed by atoms with Gasteiger partial charge in [0, 0.05) is 5.56 Å². The molecule has 24 heavy (non-hydrogen) atoms. The van der Waals surface area contributed by atoms with Crippen LogP contribution in [0.1, 0.15) is 44.7 Å². The number of rotatable bonds is 2. The van der Waals surface area contributed by atoms with Gasteiger partial charge in [-0.1, -0.05) is 24.0 Å². The lowest BCUT2D eigenvalue weighted by Crippen LogP contribution is -2.39. The van der Waals surface area contributed by atoms with Gasteiger partial charge in [0.15, 0.2) is 0 Å². The minimum Gasteiger partial charge on any atom is -0.444 e. The summed E-state index contributed by atoms with van der Waals surface area (Å²) in [5.41, 5.74) is 0.529. The first-order valence-corrected chi connectivity index (χ1v) is 8.28. The van der Waals surface area contributed by atoms with Gasteiger partial charge in [-0.05, 0) is 64.4 Å². The van der Waals surface area contributed by atoms with E-state index in [1.54, 1.807) is 0 Å². The molecule has 1 aromatic carbocycles. The predicted octanol–water partition coefficient (Wildman–Crippen LogP) is 2.13. The van der Waals surface area contributed by atoms with E-state index < -0.39 is 17.3 Å². The van der Waals surface area contributed by atoms with Gasteiger partial charge in [-0.25, -0.2) is 4.79 Å². The lowest BCUT2D eigenvalue weighted by Gasteiger charge is -2.33. The number of aliphatic hydroxyl groups is 1. The van der Waals surface area contributed by atoms with Crippen molar-refractivity contribution in [2.45, 2.75) is 44.8 Å². The van der Waals surface area contributed by atoms with Crippen LogP contribution < -0.4 is 10.6 Å². The van der Waals surface area contributed by atoms with Gasteiger partial charge in [-0.2, -0.15) is 0 Å². The van der Waals surface area contributed by atoms with Crippen LogP contribution in [0.2, 0.25) is 0 Å². The average molecular weight is 330 g/mol. The Morgan fingerprint density at radius 1 is 1.29 bits per heavy atom. The number of amides is 1. The lowest BCUT2D eigenvalue weighted by atomic mass is 9.85. The molecule has 1 fully saturated rings. The average Bonchev–Trinajstić information content (AvgIpc) is 2.51. The Morgan fingerprint density at radius 2 is 1.92 bits per heavy atom. The topological polar surface area (TPSA) is 70.6 Å². The zero-order valence-corrected chi connectivity index (χ0v) is 14.6. The maximum absolute atomic E-state index is 11.5. The van der Waals surface area contributed by atoms with E-state index in [0.717, 1.165) is 37.1 Å². The Kier molecular flexibility index (Phi) is 5.87. The van der Waals surface area contributed by atoms with Gasteiger partial charge < -0.3 is 20.5 Å². The summed E-state index contributed by atoms with van der Waals surface area (Å²) in [5, 5.41) is 16.5. The van der Waals surface area contributed by atoms with Gasteiger partial charge in [-0.15, -0.1) is 0 Å². The second kappa shape index (κ2) is 7.69. The summed E-state index contributed by atoms with van der Waals surface area (Å²) >= 11 is 0. The predicted molar refractivity (Wildman–Crippen MR) is 93.6 cm³/mol. The van der Waals surface area contributed by atoms with Gasteiger partial charge in [0.25, 0.3) is 0 Å². The summed E-state index contributed by atoms with van der Waals surface area (Å²) in [5.74, 6) is 5.88. The molecule has 1 aliphatic rings. The summed E-state index contributed by atoms with van der Waals surface area (Å²) in [4.78, 5) is 11.5. The molecule has 0 aliphatic carbocycles. The van der Waals surface area contributed by atoms with Crippen LogP contribution in [0.25, 0.3) is 0 Å². The van der Waals surface area contributed by atoms with E-state index in [1.165, 1.54) is 0 Å². The molecule has 0 saturated carbocycles. The molecule has 1 amide bonds. The summed E-state index contributed by atoms with van der Waals surface area (Å²) in [6.45, 7) is 7.33. The van der Waals surface area contributed by atoms with E-state index in [9.17, 15) is 9.90 Å². The van der Waals surface area contributed by atoms with E-state index in [-0.39, 0.29) is 6.54 Å². The third-order valence-electron chi connectivity index (χ3n) is 3.81. The Balaban J connectivity index is 1.87. The molecule has 3 N–H and O–H groups in total. The molecule has 1 aliphatic heterocycles. The lowest BCUT2D eigenvalue weighted by molar-refractivity contribution is 0.00593. The van der Waals surface area contributed by atoms with Crippen LogP contribution in [-0.4, -0.2) is 36.4 Å². The van der Waals surface area contributed by atoms with Crippen molar-refractivity contribution in [3.05, 3.63) is 35.4 Å². The number of hydrogen-bond acceptors (Lipinski definition) is 4. The maximum Gasteiger partial charge on any atom is 0.408 e. The quantitative estimate of drug-likeness (QED) is 0.727. The van der Waals surface area contributed by atoms with Gasteiger partial charge in [0.1, 0.15) is 5.60 Å². The summed E-state index contributed by atoms with van der Waals surface area (Å²) < 4.78 is 5.13. The standard InChI is InChI=1S/C19H26N2O3/c1-18(2,3)24-17(22)21-12-4-5-15-6-8-16(9-7-15)19(23)10-13-20-14-11-19/h6-9,20,23H,10-14H2,1-3H3,(H,21,22). The summed E-state index contributed by atoms with van der Waals surface area (Å²) in [6, 6.07) is 7.65. The number of carbonyl (C=O) groups excluding carboxylic acids is 1. The van der Waals surface area contributed by atoms with Crippen molar-refractivity contribution in [1.82, 2.24) is 10.6 Å². The fourth-order valence-corrected chi connectivity index (χ4v) is 2.57. The smallest absolute Gasteiger partial charge is 0.408 e. The highest BCUT2D eigenvalue weighted by molar-refractivity contribution is 5.68. The normalized spacial score (nSPS) is 16.7. The molecule has 1 saturated heterocycles. The molecule has 0 radical (unpaired) electrons. The SMILES string of the molecule is CC(C)(C)OC(=O)NCC#Cc1ccc(C2(O)CCNCC2)cc1. The number of ether oxygens (including phenoxy) is 1. The van der Waals surface area contributed by atoms with Crippen LogP contribution in [0.15, 0.2) is 24.3 Å². The molecule has 5 heteroatoms. The zero-order valence-electron chi connectivity index (χ0n) is 14.6. The highest BCUT2D eigenvalue weighted by Crippen LogP contribution is 2.30. The van der Waals surface area contributed by atoms with E-state index in [0.29, 0.717) is 0 Å². The fourth-order valence-electron chi connectivity index (χ4n) is 2.57. The molecule has 5 nitrogen and oxygen atoms in total. The number of hydrogen-bond donors (Lipinski definition) is 3. The van der Waals surface area contributed by atoms with Crippen molar-refractivity contribution in [1.29, 1.82) is 0 Å². The van der Waals surface area contributed by atoms with Crippen molar-refractivity contribution in [2.24, 2.45) is 0 Å². The molecular weight excluding hydrogens is 304 g/mol. The Labute approximate surface area is 143 Å². The number of benzene rings is 1. The molecule has 130 valence electrons. The van der Waals surface area contributed by atoms with Crippen LogP contribution >= 0.6 is 0 Å². The van der Waals surface area contributed by atoms with Crippen LogP contribution in [-0.2, 0) is 10.3 Å².